The Balaban J connectivity index is 1.54. The Morgan fingerprint density at radius 2 is 1.88 bits per heavy atom. The summed E-state index contributed by atoms with van der Waals surface area (Å²) < 4.78 is 23.2. The van der Waals surface area contributed by atoms with Crippen LogP contribution in [0.3, 0.4) is 0 Å². The average molecular weight is 362 g/mol. The van der Waals surface area contributed by atoms with Gasteiger partial charge in [0.1, 0.15) is 0 Å². The molecule has 1 saturated heterocycles. The normalized spacial score (nSPS) is 21.8. The van der Waals surface area contributed by atoms with Crippen LogP contribution < -0.4 is 5.32 Å². The fourth-order valence-corrected chi connectivity index (χ4v) is 5.37. The number of hydrogen-bond acceptors (Lipinski definition) is 4. The molecule has 0 atom stereocenters. The van der Waals surface area contributed by atoms with Crippen LogP contribution >= 0.6 is 0 Å². The standard InChI is InChI=1S/C19H27N3O2S/c1-14-10-15-12-17(13-22-6-8-25(23,24)9-7-22)21-19(15)18(11-14)20-16-4-2-3-5-16/h10-12,16,20-21H,2-9,13H2,1H3. The maximum absolute atomic E-state index is 11.6. The number of fused-ring (bicyclic) bond motifs is 1. The molecule has 1 aliphatic heterocycles. The van der Waals surface area contributed by atoms with Gasteiger partial charge in [0.25, 0.3) is 0 Å². The van der Waals surface area contributed by atoms with Gasteiger partial charge in [-0.3, -0.25) is 4.90 Å². The van der Waals surface area contributed by atoms with Gasteiger partial charge in [0.2, 0.25) is 0 Å². The summed E-state index contributed by atoms with van der Waals surface area (Å²) in [6.07, 6.45) is 5.15. The number of aromatic amines is 1. The molecule has 0 radical (unpaired) electrons. The summed E-state index contributed by atoms with van der Waals surface area (Å²) in [7, 11) is -2.82. The molecule has 2 aromatic rings. The summed E-state index contributed by atoms with van der Waals surface area (Å²) in [6, 6.07) is 7.25. The van der Waals surface area contributed by atoms with Crippen molar-refractivity contribution in [2.24, 2.45) is 0 Å². The summed E-state index contributed by atoms with van der Waals surface area (Å²) in [5.74, 6) is 0.557. The van der Waals surface area contributed by atoms with Gasteiger partial charge in [-0.15, -0.1) is 0 Å². The maximum Gasteiger partial charge on any atom is 0.152 e. The molecule has 2 fully saturated rings. The lowest BCUT2D eigenvalue weighted by Crippen LogP contribution is -2.39. The Bertz CT molecular complexity index is 852. The van der Waals surface area contributed by atoms with E-state index in [-0.39, 0.29) is 11.5 Å². The van der Waals surface area contributed by atoms with Crippen molar-refractivity contribution in [3.8, 4) is 0 Å². The quantitative estimate of drug-likeness (QED) is 0.878. The van der Waals surface area contributed by atoms with Crippen LogP contribution in [0.1, 0.15) is 36.9 Å². The largest absolute Gasteiger partial charge is 0.381 e. The Morgan fingerprint density at radius 1 is 1.16 bits per heavy atom. The molecule has 4 rings (SSSR count). The Labute approximate surface area is 149 Å². The van der Waals surface area contributed by atoms with E-state index in [2.05, 4.69) is 40.3 Å². The molecule has 0 bridgehead atoms. The lowest BCUT2D eigenvalue weighted by atomic mass is 10.1. The molecular formula is C19H27N3O2S. The maximum atomic E-state index is 11.6. The zero-order chi connectivity index (χ0) is 17.4. The molecule has 2 N–H and O–H groups in total. The summed E-state index contributed by atoms with van der Waals surface area (Å²) in [5, 5.41) is 4.96. The fraction of sp³-hybridized carbons (Fsp3) is 0.579. The first-order valence-corrected chi connectivity index (χ1v) is 11.1. The summed E-state index contributed by atoms with van der Waals surface area (Å²) in [4.78, 5) is 5.80. The van der Waals surface area contributed by atoms with Crippen molar-refractivity contribution in [2.45, 2.75) is 45.2 Å². The number of benzene rings is 1. The minimum absolute atomic E-state index is 0.279. The fourth-order valence-electron chi connectivity index (χ4n) is 4.09. The van der Waals surface area contributed by atoms with E-state index < -0.39 is 9.84 Å². The summed E-state index contributed by atoms with van der Waals surface area (Å²) in [6.45, 7) is 4.18. The molecule has 5 nitrogen and oxygen atoms in total. The summed E-state index contributed by atoms with van der Waals surface area (Å²) >= 11 is 0. The van der Waals surface area contributed by atoms with Gasteiger partial charge >= 0.3 is 0 Å². The van der Waals surface area contributed by atoms with Crippen molar-refractivity contribution < 1.29 is 8.42 Å². The monoisotopic (exact) mass is 361 g/mol. The van der Waals surface area contributed by atoms with Crippen LogP contribution in [0, 0.1) is 6.92 Å². The zero-order valence-corrected chi connectivity index (χ0v) is 15.7. The number of nitrogens with zero attached hydrogens (tertiary/aromatic N) is 1. The van der Waals surface area contributed by atoms with Gasteiger partial charge in [0, 0.05) is 36.8 Å². The van der Waals surface area contributed by atoms with E-state index in [1.807, 2.05) is 0 Å². The van der Waals surface area contributed by atoms with Crippen LogP contribution in [-0.2, 0) is 16.4 Å². The predicted octanol–water partition coefficient (Wildman–Crippen LogP) is 3.06. The lowest BCUT2D eigenvalue weighted by molar-refractivity contribution is 0.285. The smallest absolute Gasteiger partial charge is 0.152 e. The molecule has 2 heterocycles. The second-order valence-electron chi connectivity index (χ2n) is 7.62. The van der Waals surface area contributed by atoms with Crippen LogP contribution in [0.4, 0.5) is 5.69 Å². The number of H-pyrrole nitrogens is 1. The molecule has 6 heteroatoms. The molecule has 1 aromatic carbocycles. The number of sulfone groups is 1. The number of nitrogens with one attached hydrogen (secondary N) is 2. The van der Waals surface area contributed by atoms with Gasteiger partial charge < -0.3 is 10.3 Å². The number of rotatable bonds is 4. The third-order valence-electron chi connectivity index (χ3n) is 5.47. The molecular weight excluding hydrogens is 334 g/mol. The van der Waals surface area contributed by atoms with E-state index in [4.69, 9.17) is 0 Å². The minimum atomic E-state index is -2.82. The van der Waals surface area contributed by atoms with Crippen molar-refractivity contribution in [1.29, 1.82) is 0 Å². The first-order valence-electron chi connectivity index (χ1n) is 9.30. The Kier molecular flexibility index (Phi) is 4.50. The van der Waals surface area contributed by atoms with Crippen LogP contribution in [0.25, 0.3) is 10.9 Å². The highest BCUT2D eigenvalue weighted by molar-refractivity contribution is 7.91. The van der Waals surface area contributed by atoms with E-state index in [0.717, 1.165) is 12.2 Å². The first-order chi connectivity index (χ1) is 12.0. The van der Waals surface area contributed by atoms with Gasteiger partial charge in [-0.2, -0.15) is 0 Å². The van der Waals surface area contributed by atoms with Gasteiger partial charge in [-0.05, 0) is 43.5 Å². The van der Waals surface area contributed by atoms with Crippen molar-refractivity contribution in [1.82, 2.24) is 9.88 Å². The van der Waals surface area contributed by atoms with Crippen molar-refractivity contribution >= 4 is 26.4 Å². The van der Waals surface area contributed by atoms with E-state index in [1.54, 1.807) is 0 Å². The van der Waals surface area contributed by atoms with Gasteiger partial charge in [-0.25, -0.2) is 8.42 Å². The number of aromatic nitrogens is 1. The number of hydrogen-bond donors (Lipinski definition) is 2. The topological polar surface area (TPSA) is 65.2 Å². The third-order valence-corrected chi connectivity index (χ3v) is 7.08. The van der Waals surface area contributed by atoms with Crippen molar-refractivity contribution in [3.63, 3.8) is 0 Å². The van der Waals surface area contributed by atoms with Crippen LogP contribution in [0.5, 0.6) is 0 Å². The molecule has 0 spiro atoms. The Morgan fingerprint density at radius 3 is 2.60 bits per heavy atom. The lowest BCUT2D eigenvalue weighted by Gasteiger charge is -2.25. The SMILES string of the molecule is Cc1cc(NC2CCCC2)c2[nH]c(CN3CCS(=O)(=O)CC3)cc2c1. The van der Waals surface area contributed by atoms with E-state index in [1.165, 1.54) is 47.8 Å². The van der Waals surface area contributed by atoms with Crippen LogP contribution in [-0.4, -0.2) is 48.9 Å². The molecule has 0 amide bonds. The highest BCUT2D eigenvalue weighted by Crippen LogP contribution is 2.30. The molecule has 25 heavy (non-hydrogen) atoms. The van der Waals surface area contributed by atoms with E-state index in [0.29, 0.717) is 19.1 Å². The second-order valence-corrected chi connectivity index (χ2v) is 9.93. The van der Waals surface area contributed by atoms with Crippen molar-refractivity contribution in [3.05, 3.63) is 29.5 Å². The van der Waals surface area contributed by atoms with E-state index >= 15 is 0 Å². The predicted molar refractivity (Wildman–Crippen MR) is 103 cm³/mol. The zero-order valence-electron chi connectivity index (χ0n) is 14.8. The first kappa shape index (κ1) is 16.9. The van der Waals surface area contributed by atoms with Gasteiger partial charge in [0.05, 0.1) is 22.7 Å². The van der Waals surface area contributed by atoms with Gasteiger partial charge in [0.15, 0.2) is 9.84 Å². The molecule has 0 unspecified atom stereocenters. The molecule has 1 saturated carbocycles. The number of aryl methyl sites for hydroxylation is 1. The van der Waals surface area contributed by atoms with E-state index in [9.17, 15) is 8.42 Å². The van der Waals surface area contributed by atoms with Crippen LogP contribution in [0.15, 0.2) is 18.2 Å². The molecule has 1 aromatic heterocycles. The second kappa shape index (κ2) is 6.65. The highest BCUT2D eigenvalue weighted by atomic mass is 32.2. The average Bonchev–Trinajstić information content (AvgIpc) is 3.19. The summed E-state index contributed by atoms with van der Waals surface area (Å²) in [5.41, 5.74) is 4.81. The van der Waals surface area contributed by atoms with Crippen LogP contribution in [0.2, 0.25) is 0 Å². The number of anilines is 1. The molecule has 1 aliphatic carbocycles. The molecule has 2 aliphatic rings. The highest BCUT2D eigenvalue weighted by Gasteiger charge is 2.22. The van der Waals surface area contributed by atoms with Gasteiger partial charge in [-0.1, -0.05) is 12.8 Å². The van der Waals surface area contributed by atoms with Crippen molar-refractivity contribution in [2.75, 3.05) is 29.9 Å². The third kappa shape index (κ3) is 3.85. The Hall–Kier alpha value is -1.53. The molecule has 136 valence electrons. The minimum Gasteiger partial charge on any atom is -0.381 e.